The lowest BCUT2D eigenvalue weighted by Crippen LogP contribution is -2.07. The Hall–Kier alpha value is -5.98. The van der Waals surface area contributed by atoms with E-state index in [2.05, 4.69) is 173 Å². The van der Waals surface area contributed by atoms with Crippen LogP contribution >= 0.6 is 0 Å². The Bertz CT molecular complexity index is 2790. The fourth-order valence-electron chi connectivity index (χ4n) is 9.77. The normalized spacial score (nSPS) is 16.1. The first-order valence-electron chi connectivity index (χ1n) is 23.5. The van der Waals surface area contributed by atoms with Crippen LogP contribution in [0.4, 0.5) is 0 Å². The largest absolute Gasteiger partial charge is 0.100 e. The second-order valence-electron chi connectivity index (χ2n) is 16.6. The molecule has 0 saturated heterocycles. The number of fused-ring (bicyclic) bond motifs is 5. The van der Waals surface area contributed by atoms with Crippen LogP contribution in [0.25, 0.3) is 76.8 Å². The summed E-state index contributed by atoms with van der Waals surface area (Å²) < 4.78 is 0. The van der Waals surface area contributed by atoms with Crippen molar-refractivity contribution in [3.63, 3.8) is 0 Å². The first kappa shape index (κ1) is 44.1. The number of benzene rings is 7. The highest BCUT2D eigenvalue weighted by Gasteiger charge is 2.47. The number of hydrogen-bond donors (Lipinski definition) is 0. The summed E-state index contributed by atoms with van der Waals surface area (Å²) in [6.45, 7) is 22.2. The number of rotatable bonds is 10. The minimum Gasteiger partial charge on any atom is -0.100 e. The van der Waals surface area contributed by atoms with Crippen LogP contribution in [0.5, 0.6) is 0 Å². The van der Waals surface area contributed by atoms with Crippen molar-refractivity contribution in [1.29, 1.82) is 0 Å². The second-order valence-corrected chi connectivity index (χ2v) is 16.6. The summed E-state index contributed by atoms with van der Waals surface area (Å²) in [7, 11) is 0. The average molecular weight is 811 g/mol. The molecule has 0 aromatic heterocycles. The zero-order valence-electron chi connectivity index (χ0n) is 38.5. The van der Waals surface area contributed by atoms with Gasteiger partial charge in [-0.3, -0.25) is 0 Å². The summed E-state index contributed by atoms with van der Waals surface area (Å²) in [6, 6.07) is 43.9. The van der Waals surface area contributed by atoms with Crippen LogP contribution < -0.4 is 0 Å². The molecule has 0 amide bonds. The van der Waals surface area contributed by atoms with Gasteiger partial charge in [-0.15, -0.1) is 6.58 Å². The molecule has 3 aliphatic rings. The molecule has 0 spiro atoms. The van der Waals surface area contributed by atoms with Gasteiger partial charge in [0.05, 0.1) is 0 Å². The lowest BCUT2D eigenvalue weighted by Gasteiger charge is -2.26. The van der Waals surface area contributed by atoms with E-state index in [9.17, 15) is 0 Å². The van der Waals surface area contributed by atoms with Crippen LogP contribution in [0.3, 0.4) is 0 Å². The van der Waals surface area contributed by atoms with Gasteiger partial charge in [0.2, 0.25) is 0 Å². The molecule has 0 nitrogen and oxygen atoms in total. The molecule has 7 aromatic carbocycles. The zero-order valence-corrected chi connectivity index (χ0v) is 38.5. The summed E-state index contributed by atoms with van der Waals surface area (Å²) in [4.78, 5) is 0. The minimum absolute atomic E-state index is 0.693. The molecule has 2 atom stereocenters. The van der Waals surface area contributed by atoms with Crippen LogP contribution in [-0.2, 0) is 0 Å². The maximum atomic E-state index is 4.07. The van der Waals surface area contributed by atoms with Gasteiger partial charge in [0.1, 0.15) is 0 Å². The molecule has 314 valence electrons. The van der Waals surface area contributed by atoms with Gasteiger partial charge in [-0.2, -0.15) is 0 Å². The quantitative estimate of drug-likeness (QED) is 0.0733. The third-order valence-corrected chi connectivity index (χ3v) is 12.8. The lowest BCUT2D eigenvalue weighted by molar-refractivity contribution is 0.817. The molecule has 0 aliphatic heterocycles. The van der Waals surface area contributed by atoms with E-state index in [0.29, 0.717) is 5.92 Å². The van der Waals surface area contributed by atoms with E-state index in [1.165, 1.54) is 113 Å². The Morgan fingerprint density at radius 2 is 1.23 bits per heavy atom. The van der Waals surface area contributed by atoms with Crippen LogP contribution in [-0.4, -0.2) is 0 Å². The van der Waals surface area contributed by atoms with Crippen molar-refractivity contribution < 1.29 is 0 Å². The molecular weight excluding hydrogens is 745 g/mol. The molecule has 1 saturated carbocycles. The van der Waals surface area contributed by atoms with Crippen molar-refractivity contribution >= 4 is 43.5 Å². The van der Waals surface area contributed by atoms with Crippen molar-refractivity contribution in [2.75, 3.05) is 0 Å². The summed E-state index contributed by atoms with van der Waals surface area (Å²) in [5.41, 5.74) is 17.8. The summed E-state index contributed by atoms with van der Waals surface area (Å²) >= 11 is 0. The summed E-state index contributed by atoms with van der Waals surface area (Å²) in [5.74, 6) is 1.46. The molecule has 0 bridgehead atoms. The fraction of sp³-hybridized carbons (Fsp3) is 0.258. The minimum atomic E-state index is 0.693. The van der Waals surface area contributed by atoms with Crippen molar-refractivity contribution in [2.45, 2.75) is 99.3 Å². The third kappa shape index (κ3) is 8.71. The van der Waals surface area contributed by atoms with Crippen LogP contribution in [0, 0.1) is 5.92 Å². The SMILES string of the molecule is C=C(C)CC/C=C\C.C=C/C(=C\CCC)c1ccc(-c2ccc3ccc4c(-c5ccc(-c6cccc7c6C6CC6C6=C7C=CCC6)cc5)ccc5ccc2c3c54)cc1.CC.CC. The van der Waals surface area contributed by atoms with Crippen molar-refractivity contribution in [3.8, 4) is 33.4 Å². The fourth-order valence-corrected chi connectivity index (χ4v) is 9.77. The van der Waals surface area contributed by atoms with Gasteiger partial charge in [0, 0.05) is 0 Å². The third-order valence-electron chi connectivity index (χ3n) is 12.8. The Morgan fingerprint density at radius 1 is 0.661 bits per heavy atom. The highest BCUT2D eigenvalue weighted by atomic mass is 14.5. The number of unbranched alkanes of at least 4 members (excludes halogenated alkanes) is 1. The predicted molar refractivity (Wildman–Crippen MR) is 277 cm³/mol. The Balaban J connectivity index is 0.000000432. The Morgan fingerprint density at radius 3 is 1.79 bits per heavy atom. The van der Waals surface area contributed by atoms with Gasteiger partial charge < -0.3 is 0 Å². The van der Waals surface area contributed by atoms with Gasteiger partial charge in [-0.05, 0) is 158 Å². The predicted octanol–water partition coefficient (Wildman–Crippen LogP) is 19.1. The maximum absolute atomic E-state index is 4.07. The van der Waals surface area contributed by atoms with Crippen LogP contribution in [0.2, 0.25) is 0 Å². The number of allylic oxidation sites excluding steroid dienone is 10. The first-order valence-corrected chi connectivity index (χ1v) is 23.5. The highest BCUT2D eigenvalue weighted by Crippen LogP contribution is 2.62. The zero-order chi connectivity index (χ0) is 43.8. The van der Waals surface area contributed by atoms with Crippen LogP contribution in [0.1, 0.15) is 116 Å². The van der Waals surface area contributed by atoms with Gasteiger partial charge in [0.15, 0.2) is 0 Å². The van der Waals surface area contributed by atoms with Crippen molar-refractivity contribution in [3.05, 3.63) is 193 Å². The van der Waals surface area contributed by atoms with E-state index in [1.54, 1.807) is 11.1 Å². The first-order chi connectivity index (χ1) is 30.5. The molecular formula is C62H66. The van der Waals surface area contributed by atoms with E-state index in [4.69, 9.17) is 0 Å². The molecule has 2 unspecified atom stereocenters. The summed E-state index contributed by atoms with van der Waals surface area (Å²) in [6.07, 6.45) is 21.5. The van der Waals surface area contributed by atoms with Crippen molar-refractivity contribution in [2.24, 2.45) is 5.92 Å². The average Bonchev–Trinajstić information content (AvgIpc) is 4.14. The molecule has 0 heterocycles. The van der Waals surface area contributed by atoms with E-state index in [-0.39, 0.29) is 0 Å². The molecule has 0 heteroatoms. The van der Waals surface area contributed by atoms with E-state index in [1.807, 2.05) is 40.7 Å². The standard InChI is InChI=1S/C50H40.C8H14.2C2H6/c1-3-5-9-31(4-2)32-14-16-33(17-15-32)38-26-22-36-25-29-45-39(27-23-37-24-28-44(38)48(36)49(37)45)34-18-20-35(21-19-34)40-12-8-13-43-41-10-6-7-11-42(41)46-30-47(46)50(40)43;1-4-5-6-7-8(2)3;2*1-2/h4,6,8-10,12-29,46-47H,2-3,5,7,11,30H2,1H3;4-5H,2,6-7H2,1,3H3;2*1-2H3/b31-9+;5-4-;;. The monoisotopic (exact) mass is 811 g/mol. The highest BCUT2D eigenvalue weighted by molar-refractivity contribution is 6.27. The molecule has 7 aromatic rings. The van der Waals surface area contributed by atoms with Gasteiger partial charge in [0.25, 0.3) is 0 Å². The topological polar surface area (TPSA) is 0 Å². The van der Waals surface area contributed by atoms with E-state index < -0.39 is 0 Å². The Kier molecular flexibility index (Phi) is 14.4. The van der Waals surface area contributed by atoms with Gasteiger partial charge >= 0.3 is 0 Å². The molecule has 3 aliphatic carbocycles. The molecule has 10 rings (SSSR count). The molecule has 0 radical (unpaired) electrons. The van der Waals surface area contributed by atoms with Crippen LogP contribution in [0.15, 0.2) is 176 Å². The second kappa shape index (κ2) is 20.3. The lowest BCUT2D eigenvalue weighted by atomic mass is 9.78. The maximum Gasteiger partial charge on any atom is -0.00203 e. The smallest absolute Gasteiger partial charge is 0.00203 e. The van der Waals surface area contributed by atoms with Crippen molar-refractivity contribution in [1.82, 2.24) is 0 Å². The molecule has 1 fully saturated rings. The van der Waals surface area contributed by atoms with Gasteiger partial charge in [-0.25, -0.2) is 0 Å². The number of hydrogen-bond acceptors (Lipinski definition) is 0. The van der Waals surface area contributed by atoms with E-state index in [0.717, 1.165) is 31.6 Å². The molecule has 0 N–H and O–H groups in total. The van der Waals surface area contributed by atoms with Gasteiger partial charge in [-0.1, -0.05) is 210 Å². The summed E-state index contributed by atoms with van der Waals surface area (Å²) in [5, 5.41) is 7.93. The molecule has 62 heavy (non-hydrogen) atoms. The van der Waals surface area contributed by atoms with E-state index >= 15 is 0 Å². The Labute approximate surface area is 373 Å².